The van der Waals surface area contributed by atoms with Crippen LogP contribution in [-0.4, -0.2) is 58.1 Å². The first-order valence-electron chi connectivity index (χ1n) is 5.18. The van der Waals surface area contributed by atoms with Gasteiger partial charge in [-0.1, -0.05) is 6.92 Å². The van der Waals surface area contributed by atoms with E-state index in [0.29, 0.717) is 6.54 Å². The summed E-state index contributed by atoms with van der Waals surface area (Å²) in [7, 11) is 0. The van der Waals surface area contributed by atoms with Gasteiger partial charge in [-0.15, -0.1) is 0 Å². The Hall–Kier alpha value is -1.63. The predicted octanol–water partition coefficient (Wildman–Crippen LogP) is -0.628. The van der Waals surface area contributed by atoms with Crippen molar-refractivity contribution in [3.63, 3.8) is 0 Å². The molecule has 98 valence electrons. The number of carboxylic acid groups (broad SMARTS) is 2. The number of likely N-dealkylation sites (N-methyl/N-ethyl adjacent to an activating group) is 1. The van der Waals surface area contributed by atoms with Crippen molar-refractivity contribution < 1.29 is 24.6 Å². The molecule has 3 N–H and O–H groups in total. The van der Waals surface area contributed by atoms with Crippen LogP contribution < -0.4 is 5.32 Å². The lowest BCUT2D eigenvalue weighted by atomic mass is 10.0. The van der Waals surface area contributed by atoms with Crippen LogP contribution in [0, 0.1) is 0 Å². The van der Waals surface area contributed by atoms with Gasteiger partial charge in [0.25, 0.3) is 0 Å². The van der Waals surface area contributed by atoms with Gasteiger partial charge in [0, 0.05) is 0 Å². The van der Waals surface area contributed by atoms with Crippen molar-refractivity contribution in [2.75, 3.05) is 19.6 Å². The molecule has 0 radical (unpaired) electrons. The fourth-order valence-corrected chi connectivity index (χ4v) is 1.44. The Bertz CT molecular complexity index is 298. The van der Waals surface area contributed by atoms with E-state index < -0.39 is 36.5 Å². The molecular formula is C10H18N2O5. The topological polar surface area (TPSA) is 107 Å². The minimum Gasteiger partial charge on any atom is -0.480 e. The van der Waals surface area contributed by atoms with Crippen molar-refractivity contribution in [2.45, 2.75) is 26.3 Å². The molecule has 7 nitrogen and oxygen atoms in total. The largest absolute Gasteiger partial charge is 0.480 e. The van der Waals surface area contributed by atoms with Crippen LogP contribution in [0.15, 0.2) is 0 Å². The summed E-state index contributed by atoms with van der Waals surface area (Å²) in [6.45, 7) is 4.23. The smallest absolute Gasteiger partial charge is 0.323 e. The molecule has 0 fully saturated rings. The number of carboxylic acids is 2. The molecule has 0 spiro atoms. The number of nitrogens with one attached hydrogen (secondary N) is 1. The van der Waals surface area contributed by atoms with E-state index in [2.05, 4.69) is 5.32 Å². The number of amides is 1. The molecule has 0 unspecified atom stereocenters. The number of carbonyl (C=O) groups is 3. The van der Waals surface area contributed by atoms with E-state index in [-0.39, 0.29) is 0 Å². The van der Waals surface area contributed by atoms with Crippen molar-refractivity contribution >= 4 is 17.8 Å². The third-order valence-electron chi connectivity index (χ3n) is 2.09. The standard InChI is InChI=1S/C10H18N2O5/c1-4-11-10(2,3)9(17)12(5-7(13)14)6-8(15)16/h11H,4-6H2,1-3H3,(H,13,14)(H,15,16). The van der Waals surface area contributed by atoms with Gasteiger partial charge in [0.05, 0.1) is 5.54 Å². The van der Waals surface area contributed by atoms with Gasteiger partial charge in [-0.25, -0.2) is 0 Å². The van der Waals surface area contributed by atoms with Gasteiger partial charge in [-0.2, -0.15) is 0 Å². The van der Waals surface area contributed by atoms with Gasteiger partial charge in [0.2, 0.25) is 5.91 Å². The summed E-state index contributed by atoms with van der Waals surface area (Å²) in [4.78, 5) is 33.9. The first-order chi connectivity index (χ1) is 7.70. The molecule has 7 heteroatoms. The van der Waals surface area contributed by atoms with E-state index in [9.17, 15) is 14.4 Å². The van der Waals surface area contributed by atoms with Crippen molar-refractivity contribution in [3.8, 4) is 0 Å². The Balaban J connectivity index is 4.84. The highest BCUT2D eigenvalue weighted by molar-refractivity contribution is 5.90. The molecule has 0 aromatic heterocycles. The number of carbonyl (C=O) groups excluding carboxylic acids is 1. The zero-order chi connectivity index (χ0) is 13.6. The zero-order valence-electron chi connectivity index (χ0n) is 10.2. The highest BCUT2D eigenvalue weighted by Crippen LogP contribution is 2.08. The first kappa shape index (κ1) is 15.4. The van der Waals surface area contributed by atoms with E-state index in [0.717, 1.165) is 4.90 Å². The minimum absolute atomic E-state index is 0.521. The summed E-state index contributed by atoms with van der Waals surface area (Å²) in [5, 5.41) is 20.1. The molecule has 0 saturated heterocycles. The molecule has 0 bridgehead atoms. The molecule has 0 aliphatic carbocycles. The third-order valence-corrected chi connectivity index (χ3v) is 2.09. The lowest BCUT2D eigenvalue weighted by Gasteiger charge is -2.30. The van der Waals surface area contributed by atoms with E-state index in [4.69, 9.17) is 10.2 Å². The van der Waals surface area contributed by atoms with Crippen LogP contribution in [0.3, 0.4) is 0 Å². The molecule has 0 aliphatic heterocycles. The number of nitrogens with zero attached hydrogens (tertiary/aromatic N) is 1. The Kier molecular flexibility index (Phi) is 5.60. The van der Waals surface area contributed by atoms with E-state index >= 15 is 0 Å². The average Bonchev–Trinajstić information content (AvgIpc) is 2.13. The van der Waals surface area contributed by atoms with Crippen molar-refractivity contribution in [1.82, 2.24) is 10.2 Å². The highest BCUT2D eigenvalue weighted by Gasteiger charge is 2.32. The molecular weight excluding hydrogens is 228 g/mol. The molecule has 17 heavy (non-hydrogen) atoms. The maximum Gasteiger partial charge on any atom is 0.323 e. The third kappa shape index (κ3) is 5.30. The molecule has 0 heterocycles. The van der Waals surface area contributed by atoms with Crippen LogP contribution in [0.5, 0.6) is 0 Å². The number of hydrogen-bond donors (Lipinski definition) is 3. The van der Waals surface area contributed by atoms with Crippen molar-refractivity contribution in [2.24, 2.45) is 0 Å². The minimum atomic E-state index is -1.24. The molecule has 0 atom stereocenters. The summed E-state index contributed by atoms with van der Waals surface area (Å²) in [6.07, 6.45) is 0. The van der Waals surface area contributed by atoms with Gasteiger partial charge in [0.15, 0.2) is 0 Å². The molecule has 0 aromatic carbocycles. The quantitative estimate of drug-likeness (QED) is 0.552. The van der Waals surface area contributed by atoms with Gasteiger partial charge in [-0.05, 0) is 20.4 Å². The first-order valence-corrected chi connectivity index (χ1v) is 5.18. The van der Waals surface area contributed by atoms with Gasteiger partial charge >= 0.3 is 11.9 Å². The monoisotopic (exact) mass is 246 g/mol. The van der Waals surface area contributed by atoms with Crippen molar-refractivity contribution in [1.29, 1.82) is 0 Å². The second-order valence-corrected chi connectivity index (χ2v) is 4.10. The number of rotatable bonds is 7. The average molecular weight is 246 g/mol. The Morgan fingerprint density at radius 1 is 1.12 bits per heavy atom. The number of hydrogen-bond acceptors (Lipinski definition) is 4. The van der Waals surface area contributed by atoms with Crippen LogP contribution in [0.25, 0.3) is 0 Å². The Morgan fingerprint density at radius 3 is 1.82 bits per heavy atom. The zero-order valence-corrected chi connectivity index (χ0v) is 10.2. The van der Waals surface area contributed by atoms with Crippen LogP contribution in [0.4, 0.5) is 0 Å². The molecule has 0 aromatic rings. The van der Waals surface area contributed by atoms with Crippen LogP contribution in [0.2, 0.25) is 0 Å². The summed E-state index contributed by atoms with van der Waals surface area (Å²) in [6, 6.07) is 0. The van der Waals surface area contributed by atoms with Gasteiger partial charge in [-0.3, -0.25) is 14.4 Å². The van der Waals surface area contributed by atoms with Crippen molar-refractivity contribution in [3.05, 3.63) is 0 Å². The fourth-order valence-electron chi connectivity index (χ4n) is 1.44. The number of aliphatic carboxylic acids is 2. The van der Waals surface area contributed by atoms with Crippen LogP contribution in [0.1, 0.15) is 20.8 Å². The second kappa shape index (κ2) is 6.19. The SMILES string of the molecule is CCNC(C)(C)C(=O)N(CC(=O)O)CC(=O)O. The van der Waals surface area contributed by atoms with Gasteiger partial charge in [0.1, 0.15) is 13.1 Å². The maximum atomic E-state index is 12.0. The normalized spacial score (nSPS) is 11.0. The summed E-state index contributed by atoms with van der Waals surface area (Å²) in [5.41, 5.74) is -0.986. The highest BCUT2D eigenvalue weighted by atomic mass is 16.4. The van der Waals surface area contributed by atoms with E-state index in [1.54, 1.807) is 20.8 Å². The summed E-state index contributed by atoms with van der Waals surface area (Å²) >= 11 is 0. The Labute approximate surface area is 99.4 Å². The van der Waals surface area contributed by atoms with Crippen LogP contribution >= 0.6 is 0 Å². The summed E-state index contributed by atoms with van der Waals surface area (Å²) in [5.74, 6) is -3.04. The molecule has 0 aliphatic rings. The molecule has 0 saturated carbocycles. The second-order valence-electron chi connectivity index (χ2n) is 4.10. The van der Waals surface area contributed by atoms with E-state index in [1.807, 2.05) is 0 Å². The lowest BCUT2D eigenvalue weighted by Crippen LogP contribution is -2.56. The fraction of sp³-hybridized carbons (Fsp3) is 0.700. The maximum absolute atomic E-state index is 12.0. The lowest BCUT2D eigenvalue weighted by molar-refractivity contribution is -0.151. The summed E-state index contributed by atoms with van der Waals surface area (Å²) < 4.78 is 0. The van der Waals surface area contributed by atoms with E-state index in [1.165, 1.54) is 0 Å². The van der Waals surface area contributed by atoms with Gasteiger partial charge < -0.3 is 20.4 Å². The predicted molar refractivity (Wildman–Crippen MR) is 59.6 cm³/mol. The molecule has 0 rings (SSSR count). The molecule has 1 amide bonds. The van der Waals surface area contributed by atoms with Crippen LogP contribution in [-0.2, 0) is 14.4 Å². The Morgan fingerprint density at radius 2 is 1.53 bits per heavy atom.